The van der Waals surface area contributed by atoms with Crippen molar-refractivity contribution in [2.24, 2.45) is 0 Å². The van der Waals surface area contributed by atoms with E-state index in [4.69, 9.17) is 0 Å². The third kappa shape index (κ3) is 1.32. The molecular formula is C8H12N2O2. The molecule has 4 nitrogen and oxygen atoms in total. The van der Waals surface area contributed by atoms with Crippen LogP contribution in [0.1, 0.15) is 13.8 Å². The average molecular weight is 168 g/mol. The van der Waals surface area contributed by atoms with Gasteiger partial charge in [-0.2, -0.15) is 0 Å². The Hall–Kier alpha value is -1.32. The third-order valence-electron chi connectivity index (χ3n) is 1.74. The van der Waals surface area contributed by atoms with E-state index in [0.717, 1.165) is 0 Å². The number of nitrogens with zero attached hydrogens (tertiary/aromatic N) is 1. The van der Waals surface area contributed by atoms with E-state index in [1.807, 2.05) is 13.8 Å². The summed E-state index contributed by atoms with van der Waals surface area (Å²) in [6.07, 6.45) is 0. The number of carbonyl (C=O) groups is 2. The van der Waals surface area contributed by atoms with Crippen LogP contribution < -0.4 is 5.32 Å². The summed E-state index contributed by atoms with van der Waals surface area (Å²) in [6.45, 7) is 7.32. The largest absolute Gasteiger partial charge is 0.342 e. The number of nitrogens with one attached hydrogen (secondary N) is 1. The van der Waals surface area contributed by atoms with Crippen LogP contribution in [-0.2, 0) is 9.59 Å². The lowest BCUT2D eigenvalue weighted by atomic mass is 10.2. The molecular weight excluding hydrogens is 156 g/mol. The van der Waals surface area contributed by atoms with E-state index in [2.05, 4.69) is 11.9 Å². The molecule has 2 amide bonds. The van der Waals surface area contributed by atoms with E-state index in [0.29, 0.717) is 0 Å². The van der Waals surface area contributed by atoms with Crippen LogP contribution in [0.4, 0.5) is 0 Å². The Labute approximate surface area is 71.2 Å². The highest BCUT2D eigenvalue weighted by Gasteiger charge is 2.28. The van der Waals surface area contributed by atoms with E-state index < -0.39 is 0 Å². The standard InChI is InChI=1S/C8H12N2O2/c1-5(2)10-6(3)8(12)9-4-7(10)11/h5H,3-4H2,1-2H3,(H,9,12). The molecule has 1 fully saturated rings. The molecule has 1 N–H and O–H groups in total. The first-order chi connectivity index (χ1) is 5.54. The van der Waals surface area contributed by atoms with E-state index in [1.54, 1.807) is 0 Å². The van der Waals surface area contributed by atoms with Crippen molar-refractivity contribution in [3.05, 3.63) is 12.3 Å². The lowest BCUT2D eigenvalue weighted by Crippen LogP contribution is -2.51. The Balaban J connectivity index is 2.86. The van der Waals surface area contributed by atoms with Crippen LogP contribution in [0.3, 0.4) is 0 Å². The van der Waals surface area contributed by atoms with Gasteiger partial charge in [-0.1, -0.05) is 6.58 Å². The van der Waals surface area contributed by atoms with Crippen LogP contribution in [0.25, 0.3) is 0 Å². The maximum atomic E-state index is 11.2. The zero-order chi connectivity index (χ0) is 9.30. The Morgan fingerprint density at radius 2 is 2.08 bits per heavy atom. The number of hydrogen-bond acceptors (Lipinski definition) is 2. The Bertz CT molecular complexity index is 245. The maximum Gasteiger partial charge on any atom is 0.267 e. The summed E-state index contributed by atoms with van der Waals surface area (Å²) in [5, 5.41) is 2.44. The van der Waals surface area contributed by atoms with Crippen molar-refractivity contribution in [1.82, 2.24) is 10.2 Å². The quantitative estimate of drug-likeness (QED) is 0.554. The molecule has 4 heteroatoms. The molecule has 0 aromatic rings. The molecule has 1 rings (SSSR count). The monoisotopic (exact) mass is 168 g/mol. The zero-order valence-corrected chi connectivity index (χ0v) is 7.26. The fourth-order valence-corrected chi connectivity index (χ4v) is 1.20. The second-order valence-corrected chi connectivity index (χ2v) is 2.99. The van der Waals surface area contributed by atoms with Crippen molar-refractivity contribution in [3.63, 3.8) is 0 Å². The molecule has 1 aliphatic heterocycles. The van der Waals surface area contributed by atoms with Gasteiger partial charge >= 0.3 is 0 Å². The summed E-state index contributed by atoms with van der Waals surface area (Å²) in [7, 11) is 0. The minimum absolute atomic E-state index is 0.00366. The van der Waals surface area contributed by atoms with Gasteiger partial charge in [-0.15, -0.1) is 0 Å². The Morgan fingerprint density at radius 1 is 1.50 bits per heavy atom. The van der Waals surface area contributed by atoms with Gasteiger partial charge in [0.2, 0.25) is 5.91 Å². The molecule has 0 atom stereocenters. The highest BCUT2D eigenvalue weighted by atomic mass is 16.2. The predicted molar refractivity (Wildman–Crippen MR) is 44.1 cm³/mol. The molecule has 12 heavy (non-hydrogen) atoms. The predicted octanol–water partition coefficient (Wildman–Crippen LogP) is -0.133. The van der Waals surface area contributed by atoms with Crippen LogP contribution in [0.5, 0.6) is 0 Å². The van der Waals surface area contributed by atoms with Gasteiger partial charge in [0.1, 0.15) is 5.70 Å². The van der Waals surface area contributed by atoms with Crippen molar-refractivity contribution < 1.29 is 9.59 Å². The molecule has 1 aliphatic rings. The maximum absolute atomic E-state index is 11.2. The average Bonchev–Trinajstić information content (AvgIpc) is 1.97. The van der Waals surface area contributed by atoms with E-state index >= 15 is 0 Å². The first-order valence-corrected chi connectivity index (χ1v) is 3.83. The highest BCUT2D eigenvalue weighted by Crippen LogP contribution is 2.11. The fourth-order valence-electron chi connectivity index (χ4n) is 1.20. The molecule has 0 spiro atoms. The second kappa shape index (κ2) is 2.97. The van der Waals surface area contributed by atoms with Gasteiger partial charge in [0, 0.05) is 6.04 Å². The third-order valence-corrected chi connectivity index (χ3v) is 1.74. The minimum atomic E-state index is -0.261. The molecule has 0 aliphatic carbocycles. The summed E-state index contributed by atoms with van der Waals surface area (Å²) in [5.74, 6) is -0.363. The molecule has 0 saturated carbocycles. The van der Waals surface area contributed by atoms with Gasteiger partial charge < -0.3 is 10.2 Å². The van der Waals surface area contributed by atoms with Crippen LogP contribution in [0, 0.1) is 0 Å². The van der Waals surface area contributed by atoms with Crippen LogP contribution in [0.15, 0.2) is 12.3 Å². The molecule has 0 unspecified atom stereocenters. The van der Waals surface area contributed by atoms with Gasteiger partial charge in [0.05, 0.1) is 6.54 Å². The zero-order valence-electron chi connectivity index (χ0n) is 7.26. The number of hydrogen-bond donors (Lipinski definition) is 1. The normalized spacial score (nSPS) is 18.6. The van der Waals surface area contributed by atoms with Crippen LogP contribution >= 0.6 is 0 Å². The number of rotatable bonds is 1. The Kier molecular flexibility index (Phi) is 2.17. The van der Waals surface area contributed by atoms with Crippen molar-refractivity contribution in [1.29, 1.82) is 0 Å². The molecule has 0 aromatic heterocycles. The van der Waals surface area contributed by atoms with Crippen molar-refractivity contribution in [2.45, 2.75) is 19.9 Å². The smallest absolute Gasteiger partial charge is 0.267 e. The molecule has 0 aromatic carbocycles. The van der Waals surface area contributed by atoms with E-state index in [1.165, 1.54) is 4.90 Å². The van der Waals surface area contributed by atoms with Gasteiger partial charge in [-0.3, -0.25) is 9.59 Å². The van der Waals surface area contributed by atoms with Gasteiger partial charge in [-0.05, 0) is 13.8 Å². The van der Waals surface area contributed by atoms with Crippen LogP contribution in [0.2, 0.25) is 0 Å². The Morgan fingerprint density at radius 3 is 2.50 bits per heavy atom. The topological polar surface area (TPSA) is 49.4 Å². The second-order valence-electron chi connectivity index (χ2n) is 2.99. The number of carbonyl (C=O) groups excluding carboxylic acids is 2. The first-order valence-electron chi connectivity index (χ1n) is 3.83. The number of piperazine rings is 1. The first kappa shape index (κ1) is 8.77. The summed E-state index contributed by atoms with van der Waals surface area (Å²) in [4.78, 5) is 23.7. The fraction of sp³-hybridized carbons (Fsp3) is 0.500. The SMILES string of the molecule is C=C1C(=O)NCC(=O)N1C(C)C. The van der Waals surface area contributed by atoms with Gasteiger partial charge in [0.15, 0.2) is 0 Å². The van der Waals surface area contributed by atoms with E-state index in [9.17, 15) is 9.59 Å². The molecule has 66 valence electrons. The highest BCUT2D eigenvalue weighted by molar-refractivity contribution is 6.02. The minimum Gasteiger partial charge on any atom is -0.342 e. The van der Waals surface area contributed by atoms with Crippen molar-refractivity contribution in [3.8, 4) is 0 Å². The van der Waals surface area contributed by atoms with Crippen molar-refractivity contribution in [2.75, 3.05) is 6.54 Å². The van der Waals surface area contributed by atoms with Gasteiger partial charge in [0.25, 0.3) is 5.91 Å². The summed E-state index contributed by atoms with van der Waals surface area (Å²) >= 11 is 0. The lowest BCUT2D eigenvalue weighted by Gasteiger charge is -2.31. The van der Waals surface area contributed by atoms with Crippen LogP contribution in [-0.4, -0.2) is 29.3 Å². The molecule has 1 heterocycles. The molecule has 0 bridgehead atoms. The summed E-state index contributed by atoms with van der Waals surface area (Å²) < 4.78 is 0. The number of amides is 2. The molecule has 1 saturated heterocycles. The van der Waals surface area contributed by atoms with Crippen molar-refractivity contribution >= 4 is 11.8 Å². The van der Waals surface area contributed by atoms with Gasteiger partial charge in [-0.25, -0.2) is 0 Å². The molecule has 0 radical (unpaired) electrons. The summed E-state index contributed by atoms with van der Waals surface area (Å²) in [6, 6.07) is -0.00366. The van der Waals surface area contributed by atoms with E-state index in [-0.39, 0.29) is 30.1 Å². The summed E-state index contributed by atoms with van der Waals surface area (Å²) in [5.41, 5.74) is 0.237. The lowest BCUT2D eigenvalue weighted by molar-refractivity contribution is -0.137.